The van der Waals surface area contributed by atoms with E-state index in [2.05, 4.69) is 20.7 Å². The minimum Gasteiger partial charge on any atom is -0.480 e. The third-order valence-electron chi connectivity index (χ3n) is 2.83. The van der Waals surface area contributed by atoms with Crippen LogP contribution in [0.4, 0.5) is 0 Å². The molecule has 0 radical (unpaired) electrons. The minimum absolute atomic E-state index is 0.0716. The third-order valence-corrected chi connectivity index (χ3v) is 4.88. The van der Waals surface area contributed by atoms with E-state index >= 15 is 0 Å². The summed E-state index contributed by atoms with van der Waals surface area (Å²) < 4.78 is 27.6. The summed E-state index contributed by atoms with van der Waals surface area (Å²) in [7, 11) is -3.90. The number of aliphatic carboxylic acids is 1. The second-order valence-corrected chi connectivity index (χ2v) is 8.27. The Morgan fingerprint density at radius 2 is 1.90 bits per heavy atom. The smallest absolute Gasteiger partial charge is 0.322 e. The van der Waals surface area contributed by atoms with Crippen LogP contribution in [0.25, 0.3) is 0 Å². The van der Waals surface area contributed by atoms with E-state index in [9.17, 15) is 18.3 Å². The number of carboxylic acid groups (broad SMARTS) is 1. The molecule has 0 aliphatic carbocycles. The van der Waals surface area contributed by atoms with Crippen molar-refractivity contribution in [2.24, 2.45) is 5.41 Å². The predicted octanol–water partition coefficient (Wildman–Crippen LogP) is 2.54. The number of halogens is 1. The fourth-order valence-electron chi connectivity index (χ4n) is 1.68. The van der Waals surface area contributed by atoms with Crippen molar-refractivity contribution in [3.63, 3.8) is 0 Å². The Hall–Kier alpha value is -0.920. The van der Waals surface area contributed by atoms with Gasteiger partial charge in [-0.25, -0.2) is 8.42 Å². The molecule has 0 saturated carbocycles. The first-order valence-corrected chi connectivity index (χ1v) is 8.24. The monoisotopic (exact) mass is 363 g/mol. The second kappa shape index (κ2) is 5.83. The largest absolute Gasteiger partial charge is 0.480 e. The summed E-state index contributed by atoms with van der Waals surface area (Å²) in [4.78, 5) is 11.3. The lowest BCUT2D eigenvalue weighted by Crippen LogP contribution is -2.49. The molecule has 0 saturated heterocycles. The number of nitrogens with one attached hydrogen (secondary N) is 1. The summed E-state index contributed by atoms with van der Waals surface area (Å²) in [6.45, 7) is 6.67. The molecular formula is C13H18BrNO4S. The first kappa shape index (κ1) is 17.1. The van der Waals surface area contributed by atoms with Gasteiger partial charge in [0.2, 0.25) is 10.0 Å². The van der Waals surface area contributed by atoms with E-state index < -0.39 is 27.4 Å². The number of benzene rings is 1. The van der Waals surface area contributed by atoms with Crippen molar-refractivity contribution >= 4 is 31.9 Å². The lowest BCUT2D eigenvalue weighted by molar-refractivity contribution is -0.141. The zero-order chi connectivity index (χ0) is 15.7. The van der Waals surface area contributed by atoms with Crippen molar-refractivity contribution in [3.05, 3.63) is 28.2 Å². The summed E-state index contributed by atoms with van der Waals surface area (Å²) in [5.74, 6) is -1.20. The van der Waals surface area contributed by atoms with Crippen LogP contribution in [0.2, 0.25) is 0 Å². The van der Waals surface area contributed by atoms with Gasteiger partial charge in [-0.05, 0) is 30.0 Å². The highest BCUT2D eigenvalue weighted by Crippen LogP contribution is 2.24. The molecule has 0 heterocycles. The summed E-state index contributed by atoms with van der Waals surface area (Å²) >= 11 is 3.21. The standard InChI is InChI=1S/C13H18BrNO4S/c1-8-5-6-9(14)7-10(8)20(18,19)15-11(12(16)17)13(2,3)4/h5-7,11,15H,1-4H3,(H,16,17). The van der Waals surface area contributed by atoms with Crippen LogP contribution in [0.1, 0.15) is 26.3 Å². The van der Waals surface area contributed by atoms with Gasteiger partial charge in [0, 0.05) is 4.47 Å². The Balaban J connectivity index is 3.24. The highest BCUT2D eigenvalue weighted by atomic mass is 79.9. The molecule has 2 N–H and O–H groups in total. The van der Waals surface area contributed by atoms with E-state index in [1.54, 1.807) is 39.8 Å². The van der Waals surface area contributed by atoms with Crippen LogP contribution in [0, 0.1) is 12.3 Å². The Kier molecular flexibility index (Phi) is 4.99. The van der Waals surface area contributed by atoms with Crippen LogP contribution in [0.3, 0.4) is 0 Å². The molecule has 0 bridgehead atoms. The van der Waals surface area contributed by atoms with Crippen molar-refractivity contribution in [3.8, 4) is 0 Å². The van der Waals surface area contributed by atoms with Gasteiger partial charge in [0.05, 0.1) is 4.90 Å². The molecule has 1 aromatic carbocycles. The molecule has 0 aliphatic heterocycles. The van der Waals surface area contributed by atoms with Crippen LogP contribution < -0.4 is 4.72 Å². The van der Waals surface area contributed by atoms with Crippen molar-refractivity contribution in [2.45, 2.75) is 38.6 Å². The van der Waals surface area contributed by atoms with Gasteiger partial charge in [0.25, 0.3) is 0 Å². The number of carboxylic acids is 1. The number of rotatable bonds is 4. The summed E-state index contributed by atoms with van der Waals surface area (Å²) in [5, 5.41) is 9.21. The number of sulfonamides is 1. The van der Waals surface area contributed by atoms with E-state index in [4.69, 9.17) is 0 Å². The lowest BCUT2D eigenvalue weighted by Gasteiger charge is -2.27. The van der Waals surface area contributed by atoms with Crippen LogP contribution in [-0.2, 0) is 14.8 Å². The Morgan fingerprint density at radius 3 is 2.35 bits per heavy atom. The minimum atomic E-state index is -3.90. The van der Waals surface area contributed by atoms with E-state index in [1.165, 1.54) is 6.07 Å². The zero-order valence-electron chi connectivity index (χ0n) is 11.8. The molecule has 0 amide bonds. The first-order valence-electron chi connectivity index (χ1n) is 5.96. The third kappa shape index (κ3) is 4.04. The maximum atomic E-state index is 12.4. The average molecular weight is 364 g/mol. The summed E-state index contributed by atoms with van der Waals surface area (Å²) in [6.07, 6.45) is 0. The molecule has 1 unspecified atom stereocenters. The predicted molar refractivity (Wildman–Crippen MR) is 80.1 cm³/mol. The first-order chi connectivity index (χ1) is 8.95. The van der Waals surface area contributed by atoms with Crippen LogP contribution in [0.5, 0.6) is 0 Å². The molecule has 0 aliphatic rings. The van der Waals surface area contributed by atoms with Crippen LogP contribution >= 0.6 is 15.9 Å². The van der Waals surface area contributed by atoms with Crippen molar-refractivity contribution in [2.75, 3.05) is 0 Å². The normalized spacial score (nSPS) is 14.1. The summed E-state index contributed by atoms with van der Waals surface area (Å²) in [6, 6.07) is 3.64. The molecule has 112 valence electrons. The maximum Gasteiger partial charge on any atom is 0.322 e. The number of hydrogen-bond acceptors (Lipinski definition) is 3. The average Bonchev–Trinajstić information content (AvgIpc) is 2.27. The molecule has 5 nitrogen and oxygen atoms in total. The van der Waals surface area contributed by atoms with Gasteiger partial charge in [-0.15, -0.1) is 0 Å². The molecule has 1 rings (SSSR count). The van der Waals surface area contributed by atoms with Gasteiger partial charge in [-0.1, -0.05) is 42.8 Å². The van der Waals surface area contributed by atoms with E-state index in [0.29, 0.717) is 10.0 Å². The molecule has 7 heteroatoms. The lowest BCUT2D eigenvalue weighted by atomic mass is 9.88. The van der Waals surface area contributed by atoms with Gasteiger partial charge < -0.3 is 5.11 Å². The molecule has 0 spiro atoms. The molecule has 0 fully saturated rings. The second-order valence-electron chi connectivity index (χ2n) is 5.67. The topological polar surface area (TPSA) is 83.5 Å². The highest BCUT2D eigenvalue weighted by Gasteiger charge is 2.35. The fraction of sp³-hybridized carbons (Fsp3) is 0.462. The molecule has 0 aromatic heterocycles. The fourth-order valence-corrected chi connectivity index (χ4v) is 3.86. The highest BCUT2D eigenvalue weighted by molar-refractivity contribution is 9.10. The van der Waals surface area contributed by atoms with Crippen molar-refractivity contribution < 1.29 is 18.3 Å². The van der Waals surface area contributed by atoms with Crippen LogP contribution in [-0.4, -0.2) is 25.5 Å². The quantitative estimate of drug-likeness (QED) is 0.860. The molecule has 1 atom stereocenters. The number of hydrogen-bond donors (Lipinski definition) is 2. The Bertz CT molecular complexity index is 620. The van der Waals surface area contributed by atoms with Gasteiger partial charge >= 0.3 is 5.97 Å². The van der Waals surface area contributed by atoms with Crippen molar-refractivity contribution in [1.29, 1.82) is 0 Å². The van der Waals surface area contributed by atoms with E-state index in [0.717, 1.165) is 0 Å². The molecular weight excluding hydrogens is 346 g/mol. The maximum absolute atomic E-state index is 12.4. The number of carbonyl (C=O) groups is 1. The van der Waals surface area contributed by atoms with E-state index in [-0.39, 0.29) is 4.90 Å². The Morgan fingerprint density at radius 1 is 1.35 bits per heavy atom. The molecule has 20 heavy (non-hydrogen) atoms. The zero-order valence-corrected chi connectivity index (χ0v) is 14.2. The Labute approximate surface area is 127 Å². The molecule has 1 aromatic rings. The van der Waals surface area contributed by atoms with Crippen LogP contribution in [0.15, 0.2) is 27.6 Å². The SMILES string of the molecule is Cc1ccc(Br)cc1S(=O)(=O)NC(C(=O)O)C(C)(C)C. The van der Waals surface area contributed by atoms with Crippen molar-refractivity contribution in [1.82, 2.24) is 4.72 Å². The van der Waals surface area contributed by atoms with E-state index in [1.807, 2.05) is 0 Å². The van der Waals surface area contributed by atoms with Gasteiger partial charge in [0.1, 0.15) is 6.04 Å². The van der Waals surface area contributed by atoms with Gasteiger partial charge in [-0.3, -0.25) is 4.79 Å². The summed E-state index contributed by atoms with van der Waals surface area (Å²) in [5.41, 5.74) is -0.183. The van der Waals surface area contributed by atoms with Gasteiger partial charge in [-0.2, -0.15) is 4.72 Å². The van der Waals surface area contributed by atoms with Gasteiger partial charge in [0.15, 0.2) is 0 Å². The number of aryl methyl sites for hydroxylation is 1.